The van der Waals surface area contributed by atoms with Crippen LogP contribution in [0.25, 0.3) is 0 Å². The molecule has 3 aliphatic carbocycles. The van der Waals surface area contributed by atoms with Gasteiger partial charge in [-0.2, -0.15) is 0 Å². The van der Waals surface area contributed by atoms with Crippen LogP contribution in [0.15, 0.2) is 25.3 Å². The van der Waals surface area contributed by atoms with E-state index in [1.54, 1.807) is 6.08 Å². The van der Waals surface area contributed by atoms with Crippen LogP contribution in [0, 0.1) is 23.7 Å². The molecule has 0 bridgehead atoms. The third-order valence-corrected chi connectivity index (χ3v) is 10.4. The largest absolute Gasteiger partial charge is 0.463 e. The number of hydrogen-bond donors (Lipinski definition) is 0. The van der Waals surface area contributed by atoms with Crippen LogP contribution in [0.4, 0.5) is 4.39 Å². The van der Waals surface area contributed by atoms with Crippen LogP contribution in [0.3, 0.4) is 0 Å². The number of rotatable bonds is 14. The molecule has 7 heteroatoms. The van der Waals surface area contributed by atoms with Crippen LogP contribution >= 0.6 is 0 Å². The number of carbonyl (C=O) groups is 1. The summed E-state index contributed by atoms with van der Waals surface area (Å²) >= 11 is 0. The van der Waals surface area contributed by atoms with Crippen molar-refractivity contribution >= 4 is 5.97 Å². The molecule has 0 aromatic carbocycles. The molecule has 4 rings (SSSR count). The van der Waals surface area contributed by atoms with E-state index in [1.807, 2.05) is 0 Å². The summed E-state index contributed by atoms with van der Waals surface area (Å²) in [6, 6.07) is 0. The van der Waals surface area contributed by atoms with E-state index in [-0.39, 0.29) is 18.0 Å². The molecule has 41 heavy (non-hydrogen) atoms. The van der Waals surface area contributed by atoms with Crippen molar-refractivity contribution in [3.63, 3.8) is 0 Å². The summed E-state index contributed by atoms with van der Waals surface area (Å²) in [5.41, 5.74) is -0.567. The summed E-state index contributed by atoms with van der Waals surface area (Å²) in [6.07, 6.45) is 19.6. The topological polar surface area (TPSA) is 63.2 Å². The molecule has 6 nitrogen and oxygen atoms in total. The summed E-state index contributed by atoms with van der Waals surface area (Å²) in [4.78, 5) is 22.3. The normalized spacial score (nSPS) is 36.1. The average Bonchev–Trinajstić information content (AvgIpc) is 2.98. The lowest BCUT2D eigenvalue weighted by Crippen LogP contribution is -2.54. The van der Waals surface area contributed by atoms with Crippen molar-refractivity contribution in [1.29, 1.82) is 0 Å². The minimum absolute atomic E-state index is 0.139. The third-order valence-electron chi connectivity index (χ3n) is 10.4. The Labute approximate surface area is 247 Å². The number of esters is 1. The Morgan fingerprint density at radius 1 is 0.902 bits per heavy atom. The van der Waals surface area contributed by atoms with E-state index in [1.165, 1.54) is 31.8 Å². The third kappa shape index (κ3) is 9.61. The van der Waals surface area contributed by atoms with E-state index in [9.17, 15) is 4.79 Å². The fraction of sp³-hybridized carbons (Fsp3) is 0.853. The van der Waals surface area contributed by atoms with E-state index in [4.69, 9.17) is 24.0 Å². The van der Waals surface area contributed by atoms with Gasteiger partial charge in [0.25, 0.3) is 0 Å². The standard InChI is InChI=1S/C34H55FO6/c1-3-19-40-41-32-12-8-7-11-22-39-34(32)18-17-30(31(35)25-34)28-14-13-27-24-29(16-15-26(27)23-28)37-20-9-5-6-10-21-38-33(36)4-2/h3-4,26-32H,1-2,5-25H2. The van der Waals surface area contributed by atoms with Crippen molar-refractivity contribution in [2.45, 2.75) is 133 Å². The summed E-state index contributed by atoms with van der Waals surface area (Å²) in [6.45, 7) is 9.42. The zero-order valence-corrected chi connectivity index (χ0v) is 25.3. The maximum absolute atomic E-state index is 16.0. The zero-order valence-electron chi connectivity index (χ0n) is 25.3. The Morgan fingerprint density at radius 2 is 1.68 bits per heavy atom. The Kier molecular flexibility index (Phi) is 13.6. The van der Waals surface area contributed by atoms with Crippen molar-refractivity contribution < 1.29 is 33.2 Å². The molecule has 8 unspecified atom stereocenters. The van der Waals surface area contributed by atoms with Gasteiger partial charge in [-0.15, -0.1) is 6.58 Å². The van der Waals surface area contributed by atoms with Crippen LogP contribution in [0.2, 0.25) is 0 Å². The first kappa shape index (κ1) is 32.6. The molecule has 0 amide bonds. The molecule has 1 heterocycles. The van der Waals surface area contributed by atoms with E-state index < -0.39 is 11.8 Å². The van der Waals surface area contributed by atoms with Gasteiger partial charge in [0.15, 0.2) is 0 Å². The maximum atomic E-state index is 16.0. The summed E-state index contributed by atoms with van der Waals surface area (Å²) in [5, 5.41) is 0. The van der Waals surface area contributed by atoms with Gasteiger partial charge in [0.1, 0.15) is 24.5 Å². The van der Waals surface area contributed by atoms with E-state index in [0.29, 0.717) is 38.3 Å². The Hall–Kier alpha value is -1.28. The van der Waals surface area contributed by atoms with E-state index in [2.05, 4.69) is 13.2 Å². The molecule has 0 radical (unpaired) electrons. The Balaban J connectivity index is 1.17. The van der Waals surface area contributed by atoms with Crippen molar-refractivity contribution in [3.8, 4) is 0 Å². The SMILES string of the molecule is C=CCOOC1CCCCCOC12CCC(C1CCC3CC(OCCCCCCOC(=O)C=C)CCC3C1)C(F)C2. The van der Waals surface area contributed by atoms with Gasteiger partial charge in [-0.1, -0.05) is 31.9 Å². The number of ether oxygens (including phenoxy) is 3. The molecule has 234 valence electrons. The quantitative estimate of drug-likeness (QED) is 0.0522. The van der Waals surface area contributed by atoms with Crippen LogP contribution in [-0.4, -0.2) is 56.4 Å². The predicted octanol–water partition coefficient (Wildman–Crippen LogP) is 7.85. The monoisotopic (exact) mass is 578 g/mol. The second-order valence-corrected chi connectivity index (χ2v) is 13.0. The molecule has 3 saturated carbocycles. The van der Waals surface area contributed by atoms with Gasteiger partial charge in [0.2, 0.25) is 0 Å². The maximum Gasteiger partial charge on any atom is 0.330 e. The van der Waals surface area contributed by atoms with Crippen LogP contribution in [-0.2, 0) is 28.8 Å². The molecule has 4 aliphatic rings. The fourth-order valence-electron chi connectivity index (χ4n) is 8.14. The first-order valence-electron chi connectivity index (χ1n) is 16.6. The van der Waals surface area contributed by atoms with Gasteiger partial charge in [0.05, 0.1) is 12.7 Å². The summed E-state index contributed by atoms with van der Waals surface area (Å²) < 4.78 is 33.8. The minimum Gasteiger partial charge on any atom is -0.463 e. The van der Waals surface area contributed by atoms with Gasteiger partial charge in [-0.25, -0.2) is 19.0 Å². The van der Waals surface area contributed by atoms with Gasteiger partial charge in [-0.3, -0.25) is 0 Å². The number of alkyl halides is 1. The second kappa shape index (κ2) is 17.1. The lowest BCUT2D eigenvalue weighted by Gasteiger charge is -2.50. The molecule has 0 aromatic rings. The summed E-state index contributed by atoms with van der Waals surface area (Å²) in [5.74, 6) is 1.72. The number of fused-ring (bicyclic) bond motifs is 1. The van der Waals surface area contributed by atoms with Crippen molar-refractivity contribution in [3.05, 3.63) is 25.3 Å². The predicted molar refractivity (Wildman–Crippen MR) is 158 cm³/mol. The molecule has 1 aliphatic heterocycles. The van der Waals surface area contributed by atoms with Gasteiger partial charge >= 0.3 is 5.97 Å². The highest BCUT2D eigenvalue weighted by Gasteiger charge is 2.51. The number of hydrogen-bond acceptors (Lipinski definition) is 6. The summed E-state index contributed by atoms with van der Waals surface area (Å²) in [7, 11) is 0. The van der Waals surface area contributed by atoms with E-state index in [0.717, 1.165) is 95.5 Å². The first-order chi connectivity index (χ1) is 20.0. The average molecular weight is 579 g/mol. The smallest absolute Gasteiger partial charge is 0.330 e. The molecule has 0 aromatic heterocycles. The van der Waals surface area contributed by atoms with Gasteiger partial charge in [0, 0.05) is 25.7 Å². The highest BCUT2D eigenvalue weighted by atomic mass is 19.1. The minimum atomic E-state index is -0.844. The van der Waals surface area contributed by atoms with Crippen LogP contribution in [0.1, 0.15) is 109 Å². The van der Waals surface area contributed by atoms with Crippen molar-refractivity contribution in [1.82, 2.24) is 0 Å². The lowest BCUT2D eigenvalue weighted by atomic mass is 9.60. The molecule has 1 saturated heterocycles. The fourth-order valence-corrected chi connectivity index (χ4v) is 8.14. The molecular weight excluding hydrogens is 523 g/mol. The van der Waals surface area contributed by atoms with Crippen LogP contribution < -0.4 is 0 Å². The number of carbonyl (C=O) groups excluding carboxylic acids is 1. The molecule has 8 atom stereocenters. The van der Waals surface area contributed by atoms with Crippen molar-refractivity contribution in [2.24, 2.45) is 23.7 Å². The Morgan fingerprint density at radius 3 is 2.49 bits per heavy atom. The molecular formula is C34H55FO6. The zero-order chi connectivity index (χ0) is 28.9. The second-order valence-electron chi connectivity index (χ2n) is 13.0. The lowest BCUT2D eigenvalue weighted by molar-refractivity contribution is -0.358. The molecule has 0 N–H and O–H groups in total. The van der Waals surface area contributed by atoms with Crippen LogP contribution in [0.5, 0.6) is 0 Å². The van der Waals surface area contributed by atoms with Gasteiger partial charge < -0.3 is 14.2 Å². The van der Waals surface area contributed by atoms with Gasteiger partial charge in [-0.05, 0) is 107 Å². The highest BCUT2D eigenvalue weighted by Crippen LogP contribution is 2.51. The van der Waals surface area contributed by atoms with Crippen molar-refractivity contribution in [2.75, 3.05) is 26.4 Å². The highest BCUT2D eigenvalue weighted by molar-refractivity contribution is 5.81. The first-order valence-corrected chi connectivity index (χ1v) is 16.6. The van der Waals surface area contributed by atoms with E-state index >= 15 is 4.39 Å². The number of unbranched alkanes of at least 4 members (excludes halogenated alkanes) is 3. The molecule has 1 spiro atoms. The number of halogens is 1. The Bertz CT molecular complexity index is 806. The molecule has 4 fully saturated rings.